The van der Waals surface area contributed by atoms with Crippen LogP contribution in [0.2, 0.25) is 5.15 Å². The molecule has 16 heavy (non-hydrogen) atoms. The number of hydrogen-bond acceptors (Lipinski definition) is 4. The van der Waals surface area contributed by atoms with Crippen LogP contribution in [0, 0.1) is 0 Å². The summed E-state index contributed by atoms with van der Waals surface area (Å²) in [5.41, 5.74) is 1.48. The van der Waals surface area contributed by atoms with Crippen LogP contribution in [-0.2, 0) is 4.79 Å². The Labute approximate surface area is 111 Å². The first-order valence-electron chi connectivity index (χ1n) is 4.51. The molecule has 1 N–H and O–H groups in total. The summed E-state index contributed by atoms with van der Waals surface area (Å²) in [6.07, 6.45) is 0. The fourth-order valence-electron chi connectivity index (χ4n) is 1.24. The van der Waals surface area contributed by atoms with Gasteiger partial charge in [0.15, 0.2) is 11.0 Å². The molecule has 2 aromatic rings. The Bertz CT molecular complexity index is 547. The first-order valence-corrected chi connectivity index (χ1v) is 5.97. The van der Waals surface area contributed by atoms with Gasteiger partial charge in [-0.3, -0.25) is 4.79 Å². The zero-order valence-electron chi connectivity index (χ0n) is 8.08. The molecular formula is C10H7ClIN3O. The van der Waals surface area contributed by atoms with E-state index in [0.29, 0.717) is 5.82 Å². The van der Waals surface area contributed by atoms with Crippen molar-refractivity contribution in [2.24, 2.45) is 0 Å². The normalized spacial score (nSPS) is 10.4. The molecule has 0 unspecified atom stereocenters. The molecule has 1 aromatic heterocycles. The number of fused-ring (bicyclic) bond motifs is 1. The number of anilines is 1. The molecule has 82 valence electrons. The highest BCUT2D eigenvalue weighted by Gasteiger charge is 2.06. The standard InChI is InChI=1S/C10H7ClIN3O/c11-9-10(13-5-8(12)16)15-7-4-2-1-3-6(7)14-9/h1-4H,5H2,(H,13,15). The molecule has 0 saturated heterocycles. The zero-order valence-corrected chi connectivity index (χ0v) is 11.0. The summed E-state index contributed by atoms with van der Waals surface area (Å²) < 4.78 is -0.0105. The number of benzene rings is 1. The Kier molecular flexibility index (Phi) is 3.55. The van der Waals surface area contributed by atoms with E-state index in [0.717, 1.165) is 11.0 Å². The highest BCUT2D eigenvalue weighted by Crippen LogP contribution is 2.20. The molecule has 0 saturated carbocycles. The van der Waals surface area contributed by atoms with Gasteiger partial charge in [0.05, 0.1) is 17.6 Å². The molecule has 0 aliphatic carbocycles. The van der Waals surface area contributed by atoms with Gasteiger partial charge in [-0.2, -0.15) is 0 Å². The van der Waals surface area contributed by atoms with Crippen LogP contribution in [0.25, 0.3) is 11.0 Å². The summed E-state index contributed by atoms with van der Waals surface area (Å²) in [7, 11) is 0. The van der Waals surface area contributed by atoms with Gasteiger partial charge in [-0.15, -0.1) is 0 Å². The number of nitrogens with one attached hydrogen (secondary N) is 1. The van der Waals surface area contributed by atoms with Gasteiger partial charge in [-0.1, -0.05) is 23.7 Å². The lowest BCUT2D eigenvalue weighted by molar-refractivity contribution is -0.108. The zero-order chi connectivity index (χ0) is 11.5. The van der Waals surface area contributed by atoms with Gasteiger partial charge in [0.1, 0.15) is 0 Å². The molecule has 0 spiro atoms. The molecule has 0 aliphatic heterocycles. The second kappa shape index (κ2) is 4.92. The first kappa shape index (κ1) is 11.5. The Morgan fingerprint density at radius 2 is 1.94 bits per heavy atom. The molecule has 2 rings (SSSR count). The molecule has 1 aromatic carbocycles. The lowest BCUT2D eigenvalue weighted by Crippen LogP contribution is -2.09. The van der Waals surface area contributed by atoms with Crippen LogP contribution >= 0.6 is 34.2 Å². The van der Waals surface area contributed by atoms with Crippen molar-refractivity contribution in [2.75, 3.05) is 11.9 Å². The number of aromatic nitrogens is 2. The average molecular weight is 348 g/mol. The Morgan fingerprint density at radius 1 is 1.31 bits per heavy atom. The van der Waals surface area contributed by atoms with Crippen LogP contribution in [-0.4, -0.2) is 20.3 Å². The predicted molar refractivity (Wildman–Crippen MR) is 72.1 cm³/mol. The molecule has 0 bridgehead atoms. The third kappa shape index (κ3) is 2.59. The number of carbonyl (C=O) groups is 1. The van der Waals surface area contributed by atoms with Gasteiger partial charge in [0, 0.05) is 22.6 Å². The van der Waals surface area contributed by atoms with Crippen LogP contribution in [0.5, 0.6) is 0 Å². The van der Waals surface area contributed by atoms with Gasteiger partial charge in [0.25, 0.3) is 0 Å². The lowest BCUT2D eigenvalue weighted by atomic mass is 10.3. The third-order valence-electron chi connectivity index (χ3n) is 1.92. The number of carbonyl (C=O) groups excluding carboxylic acids is 1. The van der Waals surface area contributed by atoms with Gasteiger partial charge in [-0.05, 0) is 12.1 Å². The van der Waals surface area contributed by atoms with E-state index in [2.05, 4.69) is 15.3 Å². The SMILES string of the molecule is O=C(I)CNc1nc2ccccc2nc1Cl. The molecule has 1 heterocycles. The number of nitrogens with zero attached hydrogens (tertiary/aromatic N) is 2. The summed E-state index contributed by atoms with van der Waals surface area (Å²) in [5, 5.41) is 3.12. The van der Waals surface area contributed by atoms with Crippen LogP contribution in [0.15, 0.2) is 24.3 Å². The molecule has 4 nitrogen and oxygen atoms in total. The van der Waals surface area contributed by atoms with Gasteiger partial charge >= 0.3 is 0 Å². The summed E-state index contributed by atoms with van der Waals surface area (Å²) in [6.45, 7) is 0.188. The van der Waals surface area contributed by atoms with Crippen molar-refractivity contribution in [1.82, 2.24) is 9.97 Å². The van der Waals surface area contributed by atoms with Crippen molar-refractivity contribution in [2.45, 2.75) is 0 Å². The monoisotopic (exact) mass is 347 g/mol. The fraction of sp³-hybridized carbons (Fsp3) is 0.100. The van der Waals surface area contributed by atoms with Gasteiger partial charge < -0.3 is 5.32 Å². The summed E-state index contributed by atoms with van der Waals surface area (Å²) >= 11 is 7.64. The van der Waals surface area contributed by atoms with Crippen LogP contribution in [0.4, 0.5) is 5.82 Å². The van der Waals surface area contributed by atoms with Crippen molar-refractivity contribution in [1.29, 1.82) is 0 Å². The Hall–Kier alpha value is -0.950. The van der Waals surface area contributed by atoms with E-state index in [1.807, 2.05) is 24.3 Å². The summed E-state index contributed by atoms with van der Waals surface area (Å²) in [6, 6.07) is 7.42. The maximum absolute atomic E-state index is 10.8. The minimum atomic E-state index is -0.0105. The molecule has 0 fully saturated rings. The second-order valence-corrected chi connectivity index (χ2v) is 4.62. The first-order chi connectivity index (χ1) is 7.66. The lowest BCUT2D eigenvalue weighted by Gasteiger charge is -2.05. The van der Waals surface area contributed by atoms with Crippen LogP contribution < -0.4 is 5.32 Å². The number of rotatable bonds is 3. The topological polar surface area (TPSA) is 54.9 Å². The van der Waals surface area contributed by atoms with Crippen molar-refractivity contribution < 1.29 is 4.79 Å². The highest BCUT2D eigenvalue weighted by atomic mass is 127. The molecule has 0 aliphatic rings. The Balaban J connectivity index is 2.38. The minimum absolute atomic E-state index is 0.0105. The molecular weight excluding hydrogens is 340 g/mol. The fourth-order valence-corrected chi connectivity index (χ4v) is 1.64. The third-order valence-corrected chi connectivity index (χ3v) is 2.57. The summed E-state index contributed by atoms with van der Waals surface area (Å²) in [5.74, 6) is 0.436. The van der Waals surface area contributed by atoms with E-state index >= 15 is 0 Å². The van der Waals surface area contributed by atoms with E-state index in [-0.39, 0.29) is 15.5 Å². The van der Waals surface area contributed by atoms with E-state index < -0.39 is 0 Å². The van der Waals surface area contributed by atoms with Crippen molar-refractivity contribution in [3.63, 3.8) is 0 Å². The number of para-hydroxylation sites is 2. The quantitative estimate of drug-likeness (QED) is 0.685. The van der Waals surface area contributed by atoms with Gasteiger partial charge in [0.2, 0.25) is 3.79 Å². The smallest absolute Gasteiger partial charge is 0.211 e. The minimum Gasteiger partial charge on any atom is -0.360 e. The van der Waals surface area contributed by atoms with E-state index in [1.165, 1.54) is 0 Å². The highest BCUT2D eigenvalue weighted by molar-refractivity contribution is 14.1. The number of hydrogen-bond donors (Lipinski definition) is 1. The second-order valence-electron chi connectivity index (χ2n) is 3.06. The van der Waals surface area contributed by atoms with Crippen molar-refractivity contribution in [3.05, 3.63) is 29.4 Å². The molecule has 0 amide bonds. The van der Waals surface area contributed by atoms with E-state index in [4.69, 9.17) is 11.6 Å². The molecule has 6 heteroatoms. The van der Waals surface area contributed by atoms with Gasteiger partial charge in [-0.25, -0.2) is 9.97 Å². The maximum atomic E-state index is 10.8. The van der Waals surface area contributed by atoms with Crippen molar-refractivity contribution in [3.8, 4) is 0 Å². The molecule has 0 atom stereocenters. The van der Waals surface area contributed by atoms with E-state index in [1.54, 1.807) is 22.6 Å². The molecule has 0 radical (unpaired) electrons. The Morgan fingerprint density at radius 3 is 2.56 bits per heavy atom. The van der Waals surface area contributed by atoms with Crippen LogP contribution in [0.1, 0.15) is 0 Å². The van der Waals surface area contributed by atoms with Crippen molar-refractivity contribution >= 4 is 54.8 Å². The van der Waals surface area contributed by atoms with E-state index in [9.17, 15) is 4.79 Å². The average Bonchev–Trinajstić information content (AvgIpc) is 2.26. The number of halogens is 2. The largest absolute Gasteiger partial charge is 0.360 e. The predicted octanol–water partition coefficient (Wildman–Crippen LogP) is 2.66. The maximum Gasteiger partial charge on any atom is 0.211 e. The van der Waals surface area contributed by atoms with Crippen LogP contribution in [0.3, 0.4) is 0 Å². The summed E-state index contributed by atoms with van der Waals surface area (Å²) in [4.78, 5) is 19.3.